The van der Waals surface area contributed by atoms with Crippen molar-refractivity contribution in [2.24, 2.45) is 0 Å². The zero-order chi connectivity index (χ0) is 13.0. The number of alkyl halides is 2. The van der Waals surface area contributed by atoms with Crippen LogP contribution in [0.1, 0.15) is 23.2 Å². The summed E-state index contributed by atoms with van der Waals surface area (Å²) in [5.41, 5.74) is 0.0886. The van der Waals surface area contributed by atoms with Gasteiger partial charge in [0.05, 0.1) is 26.3 Å². The number of hydrogen-bond donors (Lipinski definition) is 0. The highest BCUT2D eigenvalue weighted by molar-refractivity contribution is 5.72. The van der Waals surface area contributed by atoms with Gasteiger partial charge in [0.25, 0.3) is 6.43 Å². The molecule has 0 aromatic carbocycles. The number of nitrogens with zero attached hydrogens (tertiary/aromatic N) is 1. The monoisotopic (exact) mass is 245 g/mol. The van der Waals surface area contributed by atoms with E-state index in [4.69, 9.17) is 4.74 Å². The number of ether oxygens (including phenoxy) is 2. The van der Waals surface area contributed by atoms with Crippen molar-refractivity contribution >= 4 is 5.97 Å². The third-order valence-electron chi connectivity index (χ3n) is 2.29. The molecular weight excluding hydrogens is 232 g/mol. The van der Waals surface area contributed by atoms with Crippen LogP contribution in [-0.4, -0.2) is 25.2 Å². The lowest BCUT2D eigenvalue weighted by Crippen LogP contribution is -2.11. The smallest absolute Gasteiger partial charge is 0.311 e. The van der Waals surface area contributed by atoms with Crippen LogP contribution >= 0.6 is 0 Å². The Morgan fingerprint density at radius 2 is 2.12 bits per heavy atom. The molecule has 0 unspecified atom stereocenters. The number of methoxy groups -OCH3 is 2. The average molecular weight is 245 g/mol. The van der Waals surface area contributed by atoms with Gasteiger partial charge in [0.2, 0.25) is 5.88 Å². The summed E-state index contributed by atoms with van der Waals surface area (Å²) >= 11 is 0. The molecule has 1 aromatic heterocycles. The quantitative estimate of drug-likeness (QED) is 0.762. The number of esters is 1. The van der Waals surface area contributed by atoms with Crippen molar-refractivity contribution in [3.05, 3.63) is 22.9 Å². The molecular formula is C11H13F2NO3. The highest BCUT2D eigenvalue weighted by Gasteiger charge is 2.21. The van der Waals surface area contributed by atoms with Gasteiger partial charge < -0.3 is 9.47 Å². The third kappa shape index (κ3) is 3.12. The molecule has 17 heavy (non-hydrogen) atoms. The predicted octanol–water partition coefficient (Wildman–Crippen LogP) is 2.05. The van der Waals surface area contributed by atoms with Gasteiger partial charge in [-0.3, -0.25) is 4.79 Å². The Balaban J connectivity index is 3.22. The van der Waals surface area contributed by atoms with Crippen molar-refractivity contribution in [3.63, 3.8) is 0 Å². The molecule has 0 atom stereocenters. The Morgan fingerprint density at radius 3 is 2.59 bits per heavy atom. The van der Waals surface area contributed by atoms with Crippen LogP contribution < -0.4 is 4.74 Å². The van der Waals surface area contributed by atoms with E-state index in [-0.39, 0.29) is 23.6 Å². The minimum atomic E-state index is -2.69. The summed E-state index contributed by atoms with van der Waals surface area (Å²) in [7, 11) is 2.57. The second-order valence-electron chi connectivity index (χ2n) is 3.40. The molecule has 1 heterocycles. The maximum absolute atomic E-state index is 12.8. The van der Waals surface area contributed by atoms with E-state index >= 15 is 0 Å². The van der Waals surface area contributed by atoms with Crippen LogP contribution in [0.5, 0.6) is 5.88 Å². The zero-order valence-corrected chi connectivity index (χ0v) is 9.79. The van der Waals surface area contributed by atoms with Crippen molar-refractivity contribution in [2.45, 2.75) is 19.8 Å². The van der Waals surface area contributed by atoms with E-state index in [0.717, 1.165) is 0 Å². The van der Waals surface area contributed by atoms with Crippen molar-refractivity contribution in [1.82, 2.24) is 4.98 Å². The summed E-state index contributed by atoms with van der Waals surface area (Å²) in [5.74, 6) is -0.419. The fraction of sp³-hybridized carbons (Fsp3) is 0.455. The van der Waals surface area contributed by atoms with Crippen molar-refractivity contribution < 1.29 is 23.0 Å². The van der Waals surface area contributed by atoms with E-state index in [1.165, 1.54) is 27.2 Å². The number of hydrogen-bond acceptors (Lipinski definition) is 4. The molecule has 0 N–H and O–H groups in total. The van der Waals surface area contributed by atoms with Gasteiger partial charge in [0.1, 0.15) is 0 Å². The number of carbonyl (C=O) groups excluding carboxylic acids is 1. The first kappa shape index (κ1) is 13.3. The maximum Gasteiger partial charge on any atom is 0.311 e. The first-order valence-electron chi connectivity index (χ1n) is 4.89. The van der Waals surface area contributed by atoms with E-state index in [2.05, 4.69) is 9.72 Å². The first-order valence-corrected chi connectivity index (χ1v) is 4.89. The largest absolute Gasteiger partial charge is 0.481 e. The van der Waals surface area contributed by atoms with Crippen LogP contribution in [0.15, 0.2) is 6.07 Å². The molecule has 0 spiro atoms. The lowest BCUT2D eigenvalue weighted by Gasteiger charge is -2.12. The summed E-state index contributed by atoms with van der Waals surface area (Å²) in [6.45, 7) is 1.52. The second kappa shape index (κ2) is 5.56. The fourth-order valence-corrected chi connectivity index (χ4v) is 1.46. The molecule has 0 fully saturated rings. The van der Waals surface area contributed by atoms with Gasteiger partial charge in [-0.2, -0.15) is 0 Å². The molecule has 0 radical (unpaired) electrons. The third-order valence-corrected chi connectivity index (χ3v) is 2.29. The number of halogens is 2. The number of carbonyl (C=O) groups is 1. The molecule has 6 heteroatoms. The lowest BCUT2D eigenvalue weighted by atomic mass is 10.1. The van der Waals surface area contributed by atoms with E-state index in [9.17, 15) is 13.6 Å². The van der Waals surface area contributed by atoms with Crippen LogP contribution in [0.4, 0.5) is 8.78 Å². The molecule has 0 aliphatic heterocycles. The maximum atomic E-state index is 12.8. The standard InChI is InChI=1S/C11H13F2NO3/c1-6-4-8(16-2)14-7(5-9(15)17-3)10(6)11(12)13/h4,11H,5H2,1-3H3. The summed E-state index contributed by atoms with van der Waals surface area (Å²) in [6, 6.07) is 1.41. The molecule has 0 aliphatic carbocycles. The molecule has 4 nitrogen and oxygen atoms in total. The second-order valence-corrected chi connectivity index (χ2v) is 3.40. The SMILES string of the molecule is COC(=O)Cc1nc(OC)cc(C)c1C(F)F. The van der Waals surface area contributed by atoms with Crippen molar-refractivity contribution in [3.8, 4) is 5.88 Å². The van der Waals surface area contributed by atoms with Gasteiger partial charge in [0, 0.05) is 11.6 Å². The molecule has 0 saturated carbocycles. The normalized spacial score (nSPS) is 10.5. The summed E-state index contributed by atoms with van der Waals surface area (Å²) < 4.78 is 35.0. The van der Waals surface area contributed by atoms with Gasteiger partial charge in [-0.15, -0.1) is 0 Å². The van der Waals surface area contributed by atoms with Gasteiger partial charge >= 0.3 is 5.97 Å². The van der Waals surface area contributed by atoms with Gasteiger partial charge in [-0.1, -0.05) is 0 Å². The number of aryl methyl sites for hydroxylation is 1. The van der Waals surface area contributed by atoms with Crippen LogP contribution in [0.2, 0.25) is 0 Å². The molecule has 1 aromatic rings. The average Bonchev–Trinajstić information content (AvgIpc) is 2.27. The van der Waals surface area contributed by atoms with Crippen LogP contribution in [-0.2, 0) is 16.0 Å². The molecule has 1 rings (SSSR count). The Labute approximate surface area is 97.6 Å². The topological polar surface area (TPSA) is 48.4 Å². The van der Waals surface area contributed by atoms with Crippen molar-refractivity contribution in [2.75, 3.05) is 14.2 Å². The summed E-state index contributed by atoms with van der Waals surface area (Å²) in [4.78, 5) is 15.0. The summed E-state index contributed by atoms with van der Waals surface area (Å²) in [5, 5.41) is 0. The minimum absolute atomic E-state index is 0.0105. The zero-order valence-electron chi connectivity index (χ0n) is 9.79. The minimum Gasteiger partial charge on any atom is -0.481 e. The fourth-order valence-electron chi connectivity index (χ4n) is 1.46. The van der Waals surface area contributed by atoms with Crippen molar-refractivity contribution in [1.29, 1.82) is 0 Å². The Kier molecular flexibility index (Phi) is 4.37. The highest BCUT2D eigenvalue weighted by atomic mass is 19.3. The van der Waals surface area contributed by atoms with E-state index < -0.39 is 12.4 Å². The molecule has 0 saturated heterocycles. The van der Waals surface area contributed by atoms with Crippen LogP contribution in [0.3, 0.4) is 0 Å². The van der Waals surface area contributed by atoms with Crippen LogP contribution in [0, 0.1) is 6.92 Å². The predicted molar refractivity (Wildman–Crippen MR) is 56.2 cm³/mol. The number of rotatable bonds is 4. The van der Waals surface area contributed by atoms with Crippen LogP contribution in [0.25, 0.3) is 0 Å². The first-order chi connectivity index (χ1) is 7.99. The summed E-state index contributed by atoms with van der Waals surface area (Å²) in [6.07, 6.45) is -2.98. The number of aromatic nitrogens is 1. The van der Waals surface area contributed by atoms with Gasteiger partial charge in [-0.05, 0) is 12.5 Å². The van der Waals surface area contributed by atoms with E-state index in [1.807, 2.05) is 0 Å². The van der Waals surface area contributed by atoms with Gasteiger partial charge in [0.15, 0.2) is 0 Å². The Bertz CT molecular complexity index is 421. The van der Waals surface area contributed by atoms with Gasteiger partial charge in [-0.25, -0.2) is 13.8 Å². The molecule has 94 valence electrons. The molecule has 0 aliphatic rings. The number of pyridine rings is 1. The molecule has 0 amide bonds. The molecule has 0 bridgehead atoms. The van der Waals surface area contributed by atoms with E-state index in [0.29, 0.717) is 5.56 Å². The highest BCUT2D eigenvalue weighted by Crippen LogP contribution is 2.28. The lowest BCUT2D eigenvalue weighted by molar-refractivity contribution is -0.139. The Morgan fingerprint density at radius 1 is 1.47 bits per heavy atom. The Hall–Kier alpha value is -1.72. The van der Waals surface area contributed by atoms with E-state index in [1.54, 1.807) is 0 Å².